The Balaban J connectivity index is 2.12. The maximum Gasteiger partial charge on any atom is 0.438 e. The summed E-state index contributed by atoms with van der Waals surface area (Å²) in [7, 11) is 0. The van der Waals surface area contributed by atoms with Crippen molar-refractivity contribution < 1.29 is 32.2 Å². The molecule has 0 saturated carbocycles. The third-order valence-corrected chi connectivity index (χ3v) is 3.92. The molecule has 1 heterocycles. The van der Waals surface area contributed by atoms with Gasteiger partial charge in [0.2, 0.25) is 0 Å². The van der Waals surface area contributed by atoms with Crippen LogP contribution >= 0.6 is 0 Å². The first-order valence-corrected chi connectivity index (χ1v) is 8.10. The molecule has 0 bridgehead atoms. The SMILES string of the molecule is CC(C)CCC1=NN(C(=O)COc2ccc(F)cc2)[C@](O)(C(F)(F)F)C1. The summed E-state index contributed by atoms with van der Waals surface area (Å²) < 4.78 is 57.9. The minimum Gasteiger partial charge on any atom is -0.484 e. The predicted molar refractivity (Wildman–Crippen MR) is 85.9 cm³/mol. The number of carbonyl (C=O) groups is 1. The Bertz CT molecular complexity index is 674. The highest BCUT2D eigenvalue weighted by Gasteiger charge is 2.63. The van der Waals surface area contributed by atoms with E-state index in [9.17, 15) is 27.5 Å². The number of aliphatic hydroxyl groups is 1. The van der Waals surface area contributed by atoms with Crippen molar-refractivity contribution in [1.29, 1.82) is 0 Å². The van der Waals surface area contributed by atoms with E-state index in [1.807, 2.05) is 13.8 Å². The van der Waals surface area contributed by atoms with Crippen LogP contribution in [-0.2, 0) is 4.79 Å². The summed E-state index contributed by atoms with van der Waals surface area (Å²) in [5.74, 6) is -1.32. The van der Waals surface area contributed by atoms with E-state index in [4.69, 9.17) is 4.74 Å². The number of benzene rings is 1. The van der Waals surface area contributed by atoms with Crippen molar-refractivity contribution in [3.8, 4) is 5.75 Å². The molecule has 144 valence electrons. The quantitative estimate of drug-likeness (QED) is 0.774. The number of halogens is 4. The molecule has 0 saturated heterocycles. The Labute approximate surface area is 148 Å². The molecule has 1 atom stereocenters. The predicted octanol–water partition coefficient (Wildman–Crippen LogP) is 3.48. The average Bonchev–Trinajstić information content (AvgIpc) is 2.90. The van der Waals surface area contributed by atoms with Gasteiger partial charge in [-0.3, -0.25) is 4.79 Å². The lowest BCUT2D eigenvalue weighted by molar-refractivity contribution is -0.302. The van der Waals surface area contributed by atoms with Gasteiger partial charge in [-0.25, -0.2) is 4.39 Å². The first-order valence-electron chi connectivity index (χ1n) is 8.10. The van der Waals surface area contributed by atoms with Crippen LogP contribution in [-0.4, -0.2) is 40.2 Å². The monoisotopic (exact) mass is 376 g/mol. The van der Waals surface area contributed by atoms with Crippen LogP contribution in [0.25, 0.3) is 0 Å². The summed E-state index contributed by atoms with van der Waals surface area (Å²) >= 11 is 0. The Morgan fingerprint density at radius 3 is 2.50 bits per heavy atom. The Hall–Kier alpha value is -2.16. The van der Waals surface area contributed by atoms with Crippen molar-refractivity contribution >= 4 is 11.6 Å². The van der Waals surface area contributed by atoms with Crippen LogP contribution in [0.5, 0.6) is 5.75 Å². The molecule has 0 aliphatic carbocycles. The summed E-state index contributed by atoms with van der Waals surface area (Å²) in [6.07, 6.45) is -5.02. The lowest BCUT2D eigenvalue weighted by Crippen LogP contribution is -2.57. The van der Waals surface area contributed by atoms with Gasteiger partial charge in [0.15, 0.2) is 6.61 Å². The topological polar surface area (TPSA) is 62.1 Å². The molecule has 1 aliphatic heterocycles. The maximum absolute atomic E-state index is 13.3. The molecule has 1 amide bonds. The number of hydrazone groups is 1. The molecule has 0 spiro atoms. The number of carbonyl (C=O) groups excluding carboxylic acids is 1. The minimum absolute atomic E-state index is 0.0478. The van der Waals surface area contributed by atoms with Gasteiger partial charge in [-0.1, -0.05) is 13.8 Å². The molecule has 5 nitrogen and oxygen atoms in total. The van der Waals surface area contributed by atoms with Gasteiger partial charge in [0.05, 0.1) is 0 Å². The van der Waals surface area contributed by atoms with Gasteiger partial charge in [0.1, 0.15) is 11.6 Å². The molecule has 9 heteroatoms. The van der Waals surface area contributed by atoms with E-state index in [2.05, 4.69) is 5.10 Å². The largest absolute Gasteiger partial charge is 0.484 e. The van der Waals surface area contributed by atoms with E-state index in [0.717, 1.165) is 12.1 Å². The van der Waals surface area contributed by atoms with E-state index in [0.29, 0.717) is 6.42 Å². The van der Waals surface area contributed by atoms with Crippen molar-refractivity contribution in [3.63, 3.8) is 0 Å². The van der Waals surface area contributed by atoms with Crippen molar-refractivity contribution in [2.45, 2.75) is 45.0 Å². The Morgan fingerprint density at radius 1 is 1.35 bits per heavy atom. The van der Waals surface area contributed by atoms with Crippen molar-refractivity contribution in [1.82, 2.24) is 5.01 Å². The summed E-state index contributed by atoms with van der Waals surface area (Å²) in [4.78, 5) is 12.2. The van der Waals surface area contributed by atoms with Crippen molar-refractivity contribution in [2.75, 3.05) is 6.61 Å². The normalized spacial score (nSPS) is 20.5. The second-order valence-electron chi connectivity index (χ2n) is 6.54. The van der Waals surface area contributed by atoms with E-state index >= 15 is 0 Å². The fourth-order valence-corrected chi connectivity index (χ4v) is 2.43. The van der Waals surface area contributed by atoms with Gasteiger partial charge < -0.3 is 9.84 Å². The first-order chi connectivity index (χ1) is 12.0. The number of alkyl halides is 3. The van der Waals surface area contributed by atoms with E-state index in [-0.39, 0.29) is 28.8 Å². The van der Waals surface area contributed by atoms with Crippen LogP contribution < -0.4 is 4.74 Å². The number of nitrogens with zero attached hydrogens (tertiary/aromatic N) is 2. The number of ether oxygens (including phenoxy) is 1. The standard InChI is InChI=1S/C17H20F4N2O3/c1-11(2)3-6-13-9-16(25,17(19,20)21)23(22-13)15(24)10-26-14-7-4-12(18)5-8-14/h4-5,7-8,11,25H,3,6,9-10H2,1-2H3/t16-/m1/s1. The zero-order valence-corrected chi connectivity index (χ0v) is 14.4. The smallest absolute Gasteiger partial charge is 0.438 e. The van der Waals surface area contributed by atoms with Crippen LogP contribution in [0.2, 0.25) is 0 Å². The third-order valence-electron chi connectivity index (χ3n) is 3.92. The Morgan fingerprint density at radius 2 is 1.96 bits per heavy atom. The van der Waals surface area contributed by atoms with Gasteiger partial charge in [0.25, 0.3) is 11.6 Å². The summed E-state index contributed by atoms with van der Waals surface area (Å²) in [6, 6.07) is 4.65. The molecule has 2 rings (SSSR count). The Kier molecular flexibility index (Phi) is 5.90. The molecule has 0 fully saturated rings. The number of hydrogen-bond donors (Lipinski definition) is 1. The van der Waals surface area contributed by atoms with Gasteiger partial charge in [-0.05, 0) is 43.0 Å². The summed E-state index contributed by atoms with van der Waals surface area (Å²) in [5.41, 5.74) is -3.28. The minimum atomic E-state index is -5.07. The molecule has 1 aromatic rings. The molecule has 1 N–H and O–H groups in total. The fraction of sp³-hybridized carbons (Fsp3) is 0.529. The molecule has 0 unspecified atom stereocenters. The van der Waals surface area contributed by atoms with Crippen molar-refractivity contribution in [2.24, 2.45) is 11.0 Å². The average molecular weight is 376 g/mol. The maximum atomic E-state index is 13.3. The van der Waals surface area contributed by atoms with Gasteiger partial charge >= 0.3 is 6.18 Å². The summed E-state index contributed by atoms with van der Waals surface area (Å²) in [6.45, 7) is 3.04. The zero-order valence-electron chi connectivity index (χ0n) is 14.4. The molecule has 0 aromatic heterocycles. The third kappa shape index (κ3) is 4.51. The zero-order chi connectivity index (χ0) is 19.5. The molecule has 26 heavy (non-hydrogen) atoms. The van der Waals surface area contributed by atoms with Gasteiger partial charge in [0, 0.05) is 12.1 Å². The van der Waals surface area contributed by atoms with Gasteiger partial charge in [-0.2, -0.15) is 23.3 Å². The van der Waals surface area contributed by atoms with E-state index in [1.165, 1.54) is 12.1 Å². The lowest BCUT2D eigenvalue weighted by Gasteiger charge is -2.32. The molecule has 0 radical (unpaired) electrons. The highest BCUT2D eigenvalue weighted by Crippen LogP contribution is 2.41. The van der Waals surface area contributed by atoms with Crippen LogP contribution in [0.3, 0.4) is 0 Å². The summed E-state index contributed by atoms with van der Waals surface area (Å²) in [5, 5.41) is 13.8. The van der Waals surface area contributed by atoms with Crippen LogP contribution in [0.1, 0.15) is 33.1 Å². The molecular weight excluding hydrogens is 356 g/mol. The van der Waals surface area contributed by atoms with Crippen molar-refractivity contribution in [3.05, 3.63) is 30.1 Å². The van der Waals surface area contributed by atoms with E-state index < -0.39 is 36.7 Å². The fourth-order valence-electron chi connectivity index (χ4n) is 2.43. The number of hydrogen-bond acceptors (Lipinski definition) is 4. The number of amides is 1. The first kappa shape index (κ1) is 20.2. The van der Waals surface area contributed by atoms with Crippen LogP contribution in [0, 0.1) is 11.7 Å². The molecule has 1 aromatic carbocycles. The molecular formula is C17H20F4N2O3. The molecule has 1 aliphatic rings. The number of rotatable bonds is 6. The van der Waals surface area contributed by atoms with E-state index in [1.54, 1.807) is 0 Å². The van der Waals surface area contributed by atoms with Crippen LogP contribution in [0.15, 0.2) is 29.4 Å². The van der Waals surface area contributed by atoms with Gasteiger partial charge in [-0.15, -0.1) is 0 Å². The highest BCUT2D eigenvalue weighted by atomic mass is 19.4. The van der Waals surface area contributed by atoms with Crippen LogP contribution in [0.4, 0.5) is 17.6 Å². The second-order valence-corrected chi connectivity index (χ2v) is 6.54. The highest BCUT2D eigenvalue weighted by molar-refractivity contribution is 5.91. The second kappa shape index (κ2) is 7.61. The lowest BCUT2D eigenvalue weighted by atomic mass is 9.99.